The van der Waals surface area contributed by atoms with Crippen LogP contribution >= 0.6 is 0 Å². The van der Waals surface area contributed by atoms with Crippen molar-refractivity contribution < 1.29 is 5.11 Å². The Morgan fingerprint density at radius 3 is 1.94 bits per heavy atom. The summed E-state index contributed by atoms with van der Waals surface area (Å²) in [6, 6.07) is 0.111. The molecule has 0 fully saturated rings. The molecule has 0 rings (SSSR count). The van der Waals surface area contributed by atoms with Gasteiger partial charge < -0.3 is 10.8 Å². The molecular formula is C16H35NO. The molecule has 2 heteroatoms. The van der Waals surface area contributed by atoms with E-state index in [-0.39, 0.29) is 18.1 Å². The minimum atomic E-state index is -0.205. The summed E-state index contributed by atoms with van der Waals surface area (Å²) in [4.78, 5) is 0. The zero-order valence-electron chi connectivity index (χ0n) is 13.0. The van der Waals surface area contributed by atoms with Crippen LogP contribution in [0.3, 0.4) is 0 Å². The molecule has 18 heavy (non-hydrogen) atoms. The Morgan fingerprint density at radius 2 is 1.44 bits per heavy atom. The van der Waals surface area contributed by atoms with Gasteiger partial charge in [-0.05, 0) is 31.6 Å². The summed E-state index contributed by atoms with van der Waals surface area (Å²) in [7, 11) is 0. The molecule has 3 N–H and O–H groups in total. The van der Waals surface area contributed by atoms with Gasteiger partial charge in [0.2, 0.25) is 0 Å². The van der Waals surface area contributed by atoms with Gasteiger partial charge in [-0.25, -0.2) is 0 Å². The molecule has 0 aliphatic carbocycles. The fourth-order valence-electron chi connectivity index (χ4n) is 2.83. The number of aliphatic hydroxyl groups is 1. The summed E-state index contributed by atoms with van der Waals surface area (Å²) in [5.74, 6) is 1.13. The van der Waals surface area contributed by atoms with Crippen LogP contribution in [-0.2, 0) is 0 Å². The molecule has 0 radical (unpaired) electrons. The molecule has 0 aliphatic heterocycles. The Bertz CT molecular complexity index is 182. The standard InChI is InChI=1S/C16H35NO/c1-5-9-13(3)11-7-8-12-15(14(4)17)16(18)10-6-2/h13-16,18H,5-12,17H2,1-4H3/t13-,14+,15?,16?/m0/s1. The lowest BCUT2D eigenvalue weighted by atomic mass is 9.87. The first-order chi connectivity index (χ1) is 8.52. The first-order valence-corrected chi connectivity index (χ1v) is 7.96. The van der Waals surface area contributed by atoms with Gasteiger partial charge in [0, 0.05) is 6.04 Å². The van der Waals surface area contributed by atoms with Crippen LogP contribution in [0.15, 0.2) is 0 Å². The van der Waals surface area contributed by atoms with E-state index in [4.69, 9.17) is 5.73 Å². The minimum absolute atomic E-state index is 0.111. The van der Waals surface area contributed by atoms with E-state index in [1.807, 2.05) is 6.92 Å². The van der Waals surface area contributed by atoms with Crippen molar-refractivity contribution in [1.82, 2.24) is 0 Å². The second kappa shape index (κ2) is 10.8. The molecule has 0 bridgehead atoms. The molecule has 0 amide bonds. The van der Waals surface area contributed by atoms with E-state index in [1.165, 1.54) is 32.1 Å². The van der Waals surface area contributed by atoms with Crippen molar-refractivity contribution >= 4 is 0 Å². The quantitative estimate of drug-likeness (QED) is 0.547. The third kappa shape index (κ3) is 8.10. The molecule has 0 aromatic rings. The molecule has 2 unspecified atom stereocenters. The summed E-state index contributed by atoms with van der Waals surface area (Å²) >= 11 is 0. The van der Waals surface area contributed by atoms with Crippen LogP contribution in [0.1, 0.15) is 79.1 Å². The monoisotopic (exact) mass is 257 g/mol. The normalized spacial score (nSPS) is 18.3. The van der Waals surface area contributed by atoms with Gasteiger partial charge in [-0.2, -0.15) is 0 Å². The van der Waals surface area contributed by atoms with Gasteiger partial charge in [0.15, 0.2) is 0 Å². The van der Waals surface area contributed by atoms with Gasteiger partial charge in [0.25, 0.3) is 0 Å². The molecular weight excluding hydrogens is 222 g/mol. The smallest absolute Gasteiger partial charge is 0.0583 e. The van der Waals surface area contributed by atoms with Crippen molar-refractivity contribution in [2.24, 2.45) is 17.6 Å². The minimum Gasteiger partial charge on any atom is -0.393 e. The van der Waals surface area contributed by atoms with Crippen LogP contribution < -0.4 is 5.73 Å². The van der Waals surface area contributed by atoms with Crippen LogP contribution in [-0.4, -0.2) is 17.3 Å². The topological polar surface area (TPSA) is 46.2 Å². The summed E-state index contributed by atoms with van der Waals surface area (Å²) < 4.78 is 0. The summed E-state index contributed by atoms with van der Waals surface area (Å²) in [6.07, 6.45) is 9.25. The zero-order chi connectivity index (χ0) is 14.0. The second-order valence-electron chi connectivity index (χ2n) is 6.06. The molecule has 0 aromatic heterocycles. The number of aliphatic hydroxyl groups excluding tert-OH is 1. The lowest BCUT2D eigenvalue weighted by molar-refractivity contribution is 0.0800. The van der Waals surface area contributed by atoms with E-state index >= 15 is 0 Å². The highest BCUT2D eigenvalue weighted by atomic mass is 16.3. The van der Waals surface area contributed by atoms with Gasteiger partial charge in [0.1, 0.15) is 0 Å². The van der Waals surface area contributed by atoms with E-state index < -0.39 is 0 Å². The number of nitrogens with two attached hydrogens (primary N) is 1. The second-order valence-corrected chi connectivity index (χ2v) is 6.06. The van der Waals surface area contributed by atoms with Gasteiger partial charge in [0.05, 0.1) is 6.10 Å². The molecule has 0 aliphatic rings. The fraction of sp³-hybridized carbons (Fsp3) is 1.00. The van der Waals surface area contributed by atoms with E-state index in [9.17, 15) is 5.11 Å². The van der Waals surface area contributed by atoms with E-state index in [0.717, 1.165) is 25.2 Å². The largest absolute Gasteiger partial charge is 0.393 e. The van der Waals surface area contributed by atoms with Crippen molar-refractivity contribution in [2.75, 3.05) is 0 Å². The number of rotatable bonds is 11. The van der Waals surface area contributed by atoms with E-state index in [2.05, 4.69) is 20.8 Å². The molecule has 4 atom stereocenters. The van der Waals surface area contributed by atoms with Crippen molar-refractivity contribution in [3.63, 3.8) is 0 Å². The van der Waals surface area contributed by atoms with Crippen molar-refractivity contribution in [3.05, 3.63) is 0 Å². The van der Waals surface area contributed by atoms with E-state index in [0.29, 0.717) is 0 Å². The molecule has 0 spiro atoms. The third-order valence-corrected chi connectivity index (χ3v) is 4.02. The zero-order valence-corrected chi connectivity index (χ0v) is 13.0. The van der Waals surface area contributed by atoms with Crippen LogP contribution in [0.2, 0.25) is 0 Å². The third-order valence-electron chi connectivity index (χ3n) is 4.02. The molecule has 2 nitrogen and oxygen atoms in total. The summed E-state index contributed by atoms with van der Waals surface area (Å²) in [5.41, 5.74) is 6.00. The molecule has 0 heterocycles. The first-order valence-electron chi connectivity index (χ1n) is 7.96. The fourth-order valence-corrected chi connectivity index (χ4v) is 2.83. The highest BCUT2D eigenvalue weighted by molar-refractivity contribution is 4.76. The lowest BCUT2D eigenvalue weighted by Gasteiger charge is -2.26. The maximum Gasteiger partial charge on any atom is 0.0583 e. The molecule has 0 saturated carbocycles. The molecule has 0 saturated heterocycles. The van der Waals surface area contributed by atoms with Crippen LogP contribution in [0.5, 0.6) is 0 Å². The number of hydrogen-bond donors (Lipinski definition) is 2. The molecule has 0 aromatic carbocycles. The SMILES string of the molecule is CCCC(O)C(CCCC[C@@H](C)CCC)[C@@H](C)N. The van der Waals surface area contributed by atoms with Crippen LogP contribution in [0.25, 0.3) is 0 Å². The van der Waals surface area contributed by atoms with Gasteiger partial charge in [-0.15, -0.1) is 0 Å². The average molecular weight is 257 g/mol. The van der Waals surface area contributed by atoms with Crippen LogP contribution in [0.4, 0.5) is 0 Å². The van der Waals surface area contributed by atoms with E-state index in [1.54, 1.807) is 0 Å². The van der Waals surface area contributed by atoms with Crippen molar-refractivity contribution in [3.8, 4) is 0 Å². The van der Waals surface area contributed by atoms with Gasteiger partial charge >= 0.3 is 0 Å². The van der Waals surface area contributed by atoms with Crippen molar-refractivity contribution in [2.45, 2.75) is 91.2 Å². The average Bonchev–Trinajstić information content (AvgIpc) is 2.28. The maximum atomic E-state index is 10.1. The Hall–Kier alpha value is -0.0800. The Balaban J connectivity index is 3.83. The highest BCUT2D eigenvalue weighted by Gasteiger charge is 2.21. The summed E-state index contributed by atoms with van der Waals surface area (Å²) in [6.45, 7) is 8.75. The number of hydrogen-bond acceptors (Lipinski definition) is 2. The van der Waals surface area contributed by atoms with Gasteiger partial charge in [-0.3, -0.25) is 0 Å². The number of unbranched alkanes of at least 4 members (excludes halogenated alkanes) is 1. The first kappa shape index (κ1) is 17.9. The Labute approximate surface area is 114 Å². The molecule has 110 valence electrons. The predicted molar refractivity (Wildman–Crippen MR) is 80.6 cm³/mol. The highest BCUT2D eigenvalue weighted by Crippen LogP contribution is 2.22. The maximum absolute atomic E-state index is 10.1. The summed E-state index contributed by atoms with van der Waals surface area (Å²) in [5, 5.41) is 10.1. The predicted octanol–water partition coefficient (Wildman–Crippen LogP) is 4.11. The Kier molecular flexibility index (Phi) is 10.8. The Morgan fingerprint density at radius 1 is 0.889 bits per heavy atom. The van der Waals surface area contributed by atoms with Crippen LogP contribution in [0, 0.1) is 11.8 Å². The van der Waals surface area contributed by atoms with Crippen molar-refractivity contribution in [1.29, 1.82) is 0 Å². The lowest BCUT2D eigenvalue weighted by Crippen LogP contribution is -2.35. The van der Waals surface area contributed by atoms with Gasteiger partial charge in [-0.1, -0.05) is 59.3 Å².